The number of aliphatic hydroxyl groups is 1. The van der Waals surface area contributed by atoms with Gasteiger partial charge in [0.1, 0.15) is 0 Å². The molecule has 1 aliphatic rings. The maximum Gasteiger partial charge on any atom is 0.170 e. The van der Waals surface area contributed by atoms with Gasteiger partial charge in [0.25, 0.3) is 0 Å². The van der Waals surface area contributed by atoms with E-state index in [0.29, 0.717) is 6.54 Å². The van der Waals surface area contributed by atoms with Gasteiger partial charge in [0.2, 0.25) is 0 Å². The molecule has 0 atom stereocenters. The van der Waals surface area contributed by atoms with Crippen molar-refractivity contribution in [2.75, 3.05) is 17.0 Å². The molecule has 0 unspecified atom stereocenters. The van der Waals surface area contributed by atoms with E-state index in [1.54, 1.807) is 10.9 Å². The fraction of sp³-hybridized carbons (Fsp3) is 0.227. The Morgan fingerprint density at radius 2 is 2.03 bits per heavy atom. The van der Waals surface area contributed by atoms with Gasteiger partial charge < -0.3 is 10.5 Å². The summed E-state index contributed by atoms with van der Waals surface area (Å²) in [5.74, 6) is 0.818. The molecule has 0 saturated heterocycles. The van der Waals surface area contributed by atoms with Crippen LogP contribution >= 0.6 is 0 Å². The zero-order valence-electron chi connectivity index (χ0n) is 16.9. The number of fused-ring (bicyclic) bond motifs is 2. The third-order valence-electron chi connectivity index (χ3n) is 5.52. The lowest BCUT2D eigenvalue weighted by atomic mass is 9.92. The molecule has 8 heteroatoms. The van der Waals surface area contributed by atoms with Crippen LogP contribution in [0.3, 0.4) is 0 Å². The van der Waals surface area contributed by atoms with Crippen molar-refractivity contribution in [2.45, 2.75) is 25.9 Å². The molecule has 0 bridgehead atoms. The number of hydrogen-bond donors (Lipinski definition) is 3. The highest BCUT2D eigenvalue weighted by molar-refractivity contribution is 5.80. The van der Waals surface area contributed by atoms with Crippen molar-refractivity contribution in [3.8, 4) is 11.3 Å². The summed E-state index contributed by atoms with van der Waals surface area (Å²) in [6.45, 7) is 4.82. The van der Waals surface area contributed by atoms with Crippen LogP contribution in [0.15, 0.2) is 61.1 Å². The van der Waals surface area contributed by atoms with E-state index in [4.69, 9.17) is 10.1 Å². The average molecular weight is 401 g/mol. The molecule has 3 N–H and O–H groups in total. The van der Waals surface area contributed by atoms with Gasteiger partial charge in [-0.15, -0.1) is 5.53 Å². The van der Waals surface area contributed by atoms with Gasteiger partial charge in [-0.2, -0.15) is 5.10 Å². The molecular formula is C22H23N7O. The van der Waals surface area contributed by atoms with Gasteiger partial charge in [0, 0.05) is 23.3 Å². The highest BCUT2D eigenvalue weighted by Gasteiger charge is 2.35. The van der Waals surface area contributed by atoms with Crippen LogP contribution in [0.2, 0.25) is 0 Å². The highest BCUT2D eigenvalue weighted by Crippen LogP contribution is 2.38. The van der Waals surface area contributed by atoms with Crippen molar-refractivity contribution in [3.63, 3.8) is 0 Å². The Morgan fingerprint density at radius 1 is 1.13 bits per heavy atom. The average Bonchev–Trinajstić information content (AvgIpc) is 3.40. The zero-order chi connectivity index (χ0) is 20.7. The summed E-state index contributed by atoms with van der Waals surface area (Å²) in [7, 11) is 0. The van der Waals surface area contributed by atoms with Gasteiger partial charge in [-0.3, -0.25) is 14.7 Å². The molecule has 5 rings (SSSR count). The van der Waals surface area contributed by atoms with E-state index < -0.39 is 0 Å². The molecule has 152 valence electrons. The summed E-state index contributed by atoms with van der Waals surface area (Å²) in [6.07, 6.45) is 5.47. The molecule has 8 nitrogen and oxygen atoms in total. The molecule has 4 heterocycles. The molecule has 0 radical (unpaired) electrons. The van der Waals surface area contributed by atoms with E-state index in [1.807, 2.05) is 35.6 Å². The number of hydrazine groups is 2. The predicted octanol–water partition coefficient (Wildman–Crippen LogP) is 3.07. The number of nitrogens with zero attached hydrogens (tertiary/aromatic N) is 5. The van der Waals surface area contributed by atoms with E-state index in [9.17, 15) is 0 Å². The molecule has 3 aromatic heterocycles. The summed E-state index contributed by atoms with van der Waals surface area (Å²) >= 11 is 0. The zero-order valence-corrected chi connectivity index (χ0v) is 16.9. The van der Waals surface area contributed by atoms with Crippen LogP contribution in [0.5, 0.6) is 0 Å². The first kappa shape index (κ1) is 18.5. The summed E-state index contributed by atoms with van der Waals surface area (Å²) in [5, 5.41) is 16.6. The topological polar surface area (TPSA) is 91.1 Å². The third kappa shape index (κ3) is 3.06. The minimum atomic E-state index is -0.380. The molecule has 1 aromatic carbocycles. The second-order valence-electron chi connectivity index (χ2n) is 7.83. The summed E-state index contributed by atoms with van der Waals surface area (Å²) < 4.78 is 1.71. The van der Waals surface area contributed by atoms with Crippen molar-refractivity contribution in [1.82, 2.24) is 25.3 Å². The monoisotopic (exact) mass is 401 g/mol. The fourth-order valence-corrected chi connectivity index (χ4v) is 3.76. The first-order chi connectivity index (χ1) is 14.6. The molecule has 0 saturated carbocycles. The van der Waals surface area contributed by atoms with Gasteiger partial charge in [-0.05, 0) is 49.7 Å². The van der Waals surface area contributed by atoms with Crippen LogP contribution in [0.4, 0.5) is 11.5 Å². The standard InChI is InChI=1S/C22H23N7O/c1-22(2,17-5-6-18-15(12-17)4-3-9-23-18)29-21-20(26-27-29)8-7-19(25-21)16-13-24-28(14-16)10-11-30/h3-9,12-14,26-27,30H,10-11H2,1-2H3. The number of pyridine rings is 2. The molecule has 4 aromatic rings. The molecule has 0 aliphatic carbocycles. The first-order valence-corrected chi connectivity index (χ1v) is 9.88. The van der Waals surface area contributed by atoms with Gasteiger partial charge in [0.15, 0.2) is 5.82 Å². The maximum atomic E-state index is 9.12. The lowest BCUT2D eigenvalue weighted by Gasteiger charge is -2.36. The Bertz CT molecular complexity index is 1220. The first-order valence-electron chi connectivity index (χ1n) is 9.88. The van der Waals surface area contributed by atoms with E-state index >= 15 is 0 Å². The third-order valence-corrected chi connectivity index (χ3v) is 5.52. The Kier molecular flexibility index (Phi) is 4.38. The van der Waals surface area contributed by atoms with Crippen LogP contribution in [0.25, 0.3) is 22.2 Å². The van der Waals surface area contributed by atoms with Crippen LogP contribution in [-0.2, 0) is 12.1 Å². The van der Waals surface area contributed by atoms with Crippen molar-refractivity contribution in [2.24, 2.45) is 0 Å². The Balaban J connectivity index is 1.51. The SMILES string of the molecule is CC(C)(c1ccc2ncccc2c1)N1NNc2ccc(-c3cnn(CCO)c3)nc21. The summed E-state index contributed by atoms with van der Waals surface area (Å²) in [6, 6.07) is 14.3. The Morgan fingerprint density at radius 3 is 2.90 bits per heavy atom. The second kappa shape index (κ2) is 7.08. The molecule has 1 aliphatic heterocycles. The fourth-order valence-electron chi connectivity index (χ4n) is 3.76. The lowest BCUT2D eigenvalue weighted by Crippen LogP contribution is -2.49. The van der Waals surface area contributed by atoms with Crippen LogP contribution in [0.1, 0.15) is 19.4 Å². The largest absolute Gasteiger partial charge is 0.394 e. The normalized spacial score (nSPS) is 13.5. The number of hydrogen-bond acceptors (Lipinski definition) is 7. The van der Waals surface area contributed by atoms with Crippen molar-refractivity contribution >= 4 is 22.4 Å². The molecule has 0 amide bonds. The highest BCUT2D eigenvalue weighted by atomic mass is 16.3. The minimum absolute atomic E-state index is 0.0514. The minimum Gasteiger partial charge on any atom is -0.394 e. The van der Waals surface area contributed by atoms with Crippen LogP contribution in [-0.4, -0.2) is 31.5 Å². The van der Waals surface area contributed by atoms with E-state index in [-0.39, 0.29) is 12.1 Å². The van der Waals surface area contributed by atoms with E-state index in [2.05, 4.69) is 59.2 Å². The van der Waals surface area contributed by atoms with Crippen molar-refractivity contribution in [1.29, 1.82) is 0 Å². The number of rotatable bonds is 5. The van der Waals surface area contributed by atoms with Crippen molar-refractivity contribution in [3.05, 3.63) is 66.6 Å². The molecular weight excluding hydrogens is 378 g/mol. The van der Waals surface area contributed by atoms with Crippen molar-refractivity contribution < 1.29 is 5.11 Å². The van der Waals surface area contributed by atoms with Gasteiger partial charge in [-0.1, -0.05) is 12.1 Å². The number of aliphatic hydroxyl groups excluding tert-OH is 1. The Hall–Kier alpha value is -3.49. The van der Waals surface area contributed by atoms with E-state index in [0.717, 1.165) is 39.2 Å². The summed E-state index contributed by atoms with van der Waals surface area (Å²) in [5.41, 5.74) is 10.9. The molecule has 30 heavy (non-hydrogen) atoms. The van der Waals surface area contributed by atoms with Gasteiger partial charge in [0.05, 0.1) is 41.8 Å². The number of nitrogens with one attached hydrogen (secondary N) is 2. The smallest absolute Gasteiger partial charge is 0.170 e. The molecule has 0 spiro atoms. The quantitative estimate of drug-likeness (QED) is 0.473. The number of aromatic nitrogens is 4. The van der Waals surface area contributed by atoms with E-state index in [1.165, 1.54) is 0 Å². The van der Waals surface area contributed by atoms with Crippen LogP contribution < -0.4 is 16.0 Å². The van der Waals surface area contributed by atoms with Gasteiger partial charge in [-0.25, -0.2) is 4.98 Å². The Labute approximate surface area is 174 Å². The number of benzene rings is 1. The predicted molar refractivity (Wildman–Crippen MR) is 117 cm³/mol. The second-order valence-corrected chi connectivity index (χ2v) is 7.83. The van der Waals surface area contributed by atoms with Crippen LogP contribution in [0, 0.1) is 0 Å². The van der Waals surface area contributed by atoms with Gasteiger partial charge >= 0.3 is 0 Å². The summed E-state index contributed by atoms with van der Waals surface area (Å²) in [4.78, 5) is 9.33. The maximum absolute atomic E-state index is 9.12. The number of anilines is 2. The lowest BCUT2D eigenvalue weighted by molar-refractivity contribution is 0.269. The molecule has 0 fully saturated rings.